The summed E-state index contributed by atoms with van der Waals surface area (Å²) in [6, 6.07) is 7.57. The summed E-state index contributed by atoms with van der Waals surface area (Å²) in [4.78, 5) is 11.3. The van der Waals surface area contributed by atoms with E-state index in [-0.39, 0.29) is 6.03 Å². The van der Waals surface area contributed by atoms with Crippen LogP contribution in [0.5, 0.6) is 0 Å². The fraction of sp³-hybridized carbons (Fsp3) is 0.462. The van der Waals surface area contributed by atoms with Crippen molar-refractivity contribution in [3.05, 3.63) is 34.9 Å². The van der Waals surface area contributed by atoms with Gasteiger partial charge in [0, 0.05) is 18.1 Å². The van der Waals surface area contributed by atoms with Crippen molar-refractivity contribution in [3.63, 3.8) is 0 Å². The predicted molar refractivity (Wildman–Crippen MR) is 71.5 cm³/mol. The van der Waals surface area contributed by atoms with E-state index in [2.05, 4.69) is 17.6 Å². The van der Waals surface area contributed by atoms with Gasteiger partial charge in [0.25, 0.3) is 0 Å². The molecule has 0 atom stereocenters. The third kappa shape index (κ3) is 6.17. The third-order valence-electron chi connectivity index (χ3n) is 2.43. The molecule has 2 amide bonds. The second-order valence-corrected chi connectivity index (χ2v) is 4.35. The van der Waals surface area contributed by atoms with E-state index in [1.165, 1.54) is 5.56 Å². The van der Waals surface area contributed by atoms with E-state index in [0.29, 0.717) is 6.54 Å². The molecule has 1 rings (SSSR count). The van der Waals surface area contributed by atoms with Crippen molar-refractivity contribution < 1.29 is 4.79 Å². The second-order valence-electron chi connectivity index (χ2n) is 3.91. The number of benzene rings is 1. The molecule has 0 radical (unpaired) electrons. The summed E-state index contributed by atoms with van der Waals surface area (Å²) >= 11 is 5.79. The Labute approximate surface area is 108 Å². The van der Waals surface area contributed by atoms with Gasteiger partial charge in [0.2, 0.25) is 0 Å². The van der Waals surface area contributed by atoms with Crippen molar-refractivity contribution in [3.8, 4) is 0 Å². The molecule has 0 saturated carbocycles. The van der Waals surface area contributed by atoms with Crippen LogP contribution in [0.4, 0.5) is 4.79 Å². The van der Waals surface area contributed by atoms with E-state index < -0.39 is 0 Å². The number of hydrogen-bond acceptors (Lipinski definition) is 1. The lowest BCUT2D eigenvalue weighted by molar-refractivity contribution is 0.241. The number of nitrogens with one attached hydrogen (secondary N) is 2. The molecule has 0 unspecified atom stereocenters. The summed E-state index contributed by atoms with van der Waals surface area (Å²) in [6.07, 6.45) is 2.92. The first-order chi connectivity index (χ1) is 8.22. The van der Waals surface area contributed by atoms with E-state index in [4.69, 9.17) is 11.6 Å². The molecule has 1 aromatic carbocycles. The van der Waals surface area contributed by atoms with Crippen LogP contribution in [0.3, 0.4) is 0 Å². The van der Waals surface area contributed by atoms with E-state index >= 15 is 0 Å². The van der Waals surface area contributed by atoms with Crippen LogP contribution in [-0.2, 0) is 6.42 Å². The summed E-state index contributed by atoms with van der Waals surface area (Å²) in [5.41, 5.74) is 1.17. The predicted octanol–water partition coefficient (Wildman–Crippen LogP) is 2.98. The zero-order valence-electron chi connectivity index (χ0n) is 10.1. The van der Waals surface area contributed by atoms with Crippen molar-refractivity contribution in [1.29, 1.82) is 0 Å². The number of hydrogen-bond donors (Lipinski definition) is 2. The molecule has 0 saturated heterocycles. The first kappa shape index (κ1) is 13.8. The minimum Gasteiger partial charge on any atom is -0.338 e. The molecule has 0 aliphatic heterocycles. The molecule has 0 spiro atoms. The van der Waals surface area contributed by atoms with Crippen LogP contribution in [0, 0.1) is 0 Å². The summed E-state index contributed by atoms with van der Waals surface area (Å²) in [6.45, 7) is 3.48. The quantitative estimate of drug-likeness (QED) is 0.753. The Kier molecular flexibility index (Phi) is 6.48. The highest BCUT2D eigenvalue weighted by Crippen LogP contribution is 2.09. The standard InChI is InChI=1S/C13H19ClN2O/c1-2-3-9-15-13(17)16-10-8-11-4-6-12(14)7-5-11/h4-7H,2-3,8-10H2,1H3,(H2,15,16,17). The smallest absolute Gasteiger partial charge is 0.314 e. The van der Waals surface area contributed by atoms with Crippen molar-refractivity contribution in [1.82, 2.24) is 10.6 Å². The number of rotatable bonds is 6. The van der Waals surface area contributed by atoms with E-state index in [9.17, 15) is 4.79 Å². The van der Waals surface area contributed by atoms with E-state index in [0.717, 1.165) is 30.8 Å². The molecule has 3 nitrogen and oxygen atoms in total. The Morgan fingerprint density at radius 1 is 1.18 bits per heavy atom. The molecular weight excluding hydrogens is 236 g/mol. The Morgan fingerprint density at radius 3 is 2.47 bits per heavy atom. The molecular formula is C13H19ClN2O. The van der Waals surface area contributed by atoms with Gasteiger partial charge >= 0.3 is 6.03 Å². The van der Waals surface area contributed by atoms with Gasteiger partial charge in [-0.05, 0) is 30.5 Å². The number of carbonyl (C=O) groups is 1. The van der Waals surface area contributed by atoms with Crippen LogP contribution in [-0.4, -0.2) is 19.1 Å². The van der Waals surface area contributed by atoms with Gasteiger partial charge in [-0.2, -0.15) is 0 Å². The first-order valence-corrected chi connectivity index (χ1v) is 6.36. The van der Waals surface area contributed by atoms with Crippen molar-refractivity contribution in [2.45, 2.75) is 26.2 Å². The molecule has 0 aromatic heterocycles. The van der Waals surface area contributed by atoms with Gasteiger partial charge in [-0.15, -0.1) is 0 Å². The van der Waals surface area contributed by atoms with Crippen LogP contribution >= 0.6 is 11.6 Å². The van der Waals surface area contributed by atoms with E-state index in [1.807, 2.05) is 24.3 Å². The van der Waals surface area contributed by atoms with Crippen molar-refractivity contribution in [2.24, 2.45) is 0 Å². The second kappa shape index (κ2) is 7.96. The zero-order valence-corrected chi connectivity index (χ0v) is 10.9. The Bertz CT molecular complexity index is 338. The highest BCUT2D eigenvalue weighted by Gasteiger charge is 1.98. The molecule has 94 valence electrons. The summed E-state index contributed by atoms with van der Waals surface area (Å²) in [5.74, 6) is 0. The number of unbranched alkanes of at least 4 members (excludes halogenated alkanes) is 1. The summed E-state index contributed by atoms with van der Waals surface area (Å²) in [5, 5.41) is 6.36. The molecule has 0 aliphatic carbocycles. The third-order valence-corrected chi connectivity index (χ3v) is 2.68. The average Bonchev–Trinajstić information content (AvgIpc) is 2.32. The van der Waals surface area contributed by atoms with Gasteiger partial charge in [-0.1, -0.05) is 37.1 Å². The minimum atomic E-state index is -0.0904. The van der Waals surface area contributed by atoms with Crippen molar-refractivity contribution in [2.75, 3.05) is 13.1 Å². The number of halogens is 1. The molecule has 0 fully saturated rings. The van der Waals surface area contributed by atoms with Gasteiger partial charge in [0.15, 0.2) is 0 Å². The van der Waals surface area contributed by atoms with E-state index in [1.54, 1.807) is 0 Å². The lowest BCUT2D eigenvalue weighted by Crippen LogP contribution is -2.37. The van der Waals surface area contributed by atoms with Crippen LogP contribution in [0.15, 0.2) is 24.3 Å². The monoisotopic (exact) mass is 254 g/mol. The number of urea groups is 1. The molecule has 0 heterocycles. The molecule has 1 aromatic rings. The summed E-state index contributed by atoms with van der Waals surface area (Å²) in [7, 11) is 0. The highest BCUT2D eigenvalue weighted by molar-refractivity contribution is 6.30. The SMILES string of the molecule is CCCCNC(=O)NCCc1ccc(Cl)cc1. The Morgan fingerprint density at radius 2 is 1.82 bits per heavy atom. The molecule has 0 bridgehead atoms. The minimum absolute atomic E-state index is 0.0904. The summed E-state index contributed by atoms with van der Waals surface area (Å²) < 4.78 is 0. The normalized spacial score (nSPS) is 10.0. The maximum atomic E-state index is 11.3. The van der Waals surface area contributed by atoms with Gasteiger partial charge in [-0.25, -0.2) is 4.79 Å². The zero-order chi connectivity index (χ0) is 12.5. The topological polar surface area (TPSA) is 41.1 Å². The maximum Gasteiger partial charge on any atom is 0.314 e. The average molecular weight is 255 g/mol. The largest absolute Gasteiger partial charge is 0.338 e. The van der Waals surface area contributed by atoms with Gasteiger partial charge in [0.1, 0.15) is 0 Å². The van der Waals surface area contributed by atoms with Gasteiger partial charge < -0.3 is 10.6 Å². The van der Waals surface area contributed by atoms with Crippen LogP contribution in [0.2, 0.25) is 5.02 Å². The van der Waals surface area contributed by atoms with Crippen molar-refractivity contribution >= 4 is 17.6 Å². The highest BCUT2D eigenvalue weighted by atomic mass is 35.5. The number of amides is 2. The lowest BCUT2D eigenvalue weighted by atomic mass is 10.1. The number of carbonyl (C=O) groups excluding carboxylic acids is 1. The Hall–Kier alpha value is -1.22. The van der Waals surface area contributed by atoms with Crippen LogP contribution in [0.1, 0.15) is 25.3 Å². The fourth-order valence-corrected chi connectivity index (χ4v) is 1.54. The lowest BCUT2D eigenvalue weighted by Gasteiger charge is -2.07. The van der Waals surface area contributed by atoms with Gasteiger partial charge in [-0.3, -0.25) is 0 Å². The first-order valence-electron chi connectivity index (χ1n) is 5.98. The Balaban J connectivity index is 2.14. The fourth-order valence-electron chi connectivity index (χ4n) is 1.41. The molecule has 0 aliphatic rings. The molecule has 4 heteroatoms. The maximum absolute atomic E-state index is 11.3. The van der Waals surface area contributed by atoms with Crippen LogP contribution in [0.25, 0.3) is 0 Å². The van der Waals surface area contributed by atoms with Crippen LogP contribution < -0.4 is 10.6 Å². The molecule has 2 N–H and O–H groups in total. The van der Waals surface area contributed by atoms with Gasteiger partial charge in [0.05, 0.1) is 0 Å². The molecule has 17 heavy (non-hydrogen) atoms.